The monoisotopic (exact) mass is 429 g/mol. The van der Waals surface area contributed by atoms with Crippen molar-refractivity contribution in [3.8, 4) is 5.69 Å². The number of thiophene rings is 1. The molecule has 0 aliphatic heterocycles. The van der Waals surface area contributed by atoms with Crippen LogP contribution in [0.25, 0.3) is 15.9 Å². The lowest BCUT2D eigenvalue weighted by Gasteiger charge is -2.12. The van der Waals surface area contributed by atoms with Gasteiger partial charge < -0.3 is 5.32 Å². The molecule has 0 fully saturated rings. The SMILES string of the molecule is O=C(Cn1c(=O)n(-c2ccccc2)c(=O)c2sccc21)Nc1ccc(F)c(Cl)c1. The Bertz CT molecular complexity index is 1340. The molecule has 29 heavy (non-hydrogen) atoms. The Morgan fingerprint density at radius 1 is 1.10 bits per heavy atom. The number of para-hydroxylation sites is 1. The minimum absolute atomic E-state index is 0.127. The van der Waals surface area contributed by atoms with Gasteiger partial charge in [0.25, 0.3) is 5.56 Å². The van der Waals surface area contributed by atoms with Gasteiger partial charge in [-0.05, 0) is 41.8 Å². The van der Waals surface area contributed by atoms with E-state index in [2.05, 4.69) is 5.32 Å². The van der Waals surface area contributed by atoms with Crippen molar-refractivity contribution in [3.05, 3.63) is 91.7 Å². The normalized spacial score (nSPS) is 11.0. The lowest BCUT2D eigenvalue weighted by molar-refractivity contribution is -0.116. The van der Waals surface area contributed by atoms with Crippen LogP contribution in [0.4, 0.5) is 10.1 Å². The predicted molar refractivity (Wildman–Crippen MR) is 112 cm³/mol. The number of fused-ring (bicyclic) bond motifs is 1. The zero-order chi connectivity index (χ0) is 20.5. The molecule has 0 bridgehead atoms. The average molecular weight is 430 g/mol. The molecule has 0 aliphatic rings. The molecule has 1 N–H and O–H groups in total. The molecule has 1 amide bonds. The van der Waals surface area contributed by atoms with Crippen LogP contribution in [0, 0.1) is 5.82 Å². The summed E-state index contributed by atoms with van der Waals surface area (Å²) >= 11 is 6.93. The molecule has 0 unspecified atom stereocenters. The van der Waals surface area contributed by atoms with Crippen molar-refractivity contribution in [2.45, 2.75) is 6.54 Å². The molecule has 6 nitrogen and oxygen atoms in total. The minimum Gasteiger partial charge on any atom is -0.324 e. The molecule has 0 saturated carbocycles. The van der Waals surface area contributed by atoms with Gasteiger partial charge in [0.1, 0.15) is 17.1 Å². The summed E-state index contributed by atoms with van der Waals surface area (Å²) in [6.07, 6.45) is 0. The standard InChI is InChI=1S/C20H13ClFN3O3S/c21-14-10-12(6-7-15(14)22)23-17(26)11-24-16-8-9-29-18(16)19(27)25(20(24)28)13-4-2-1-3-5-13/h1-10H,11H2,(H,23,26). The van der Waals surface area contributed by atoms with Gasteiger partial charge in [-0.2, -0.15) is 0 Å². The van der Waals surface area contributed by atoms with E-state index in [9.17, 15) is 18.8 Å². The highest BCUT2D eigenvalue weighted by molar-refractivity contribution is 7.17. The van der Waals surface area contributed by atoms with Crippen LogP contribution < -0.4 is 16.6 Å². The maximum absolute atomic E-state index is 13.3. The van der Waals surface area contributed by atoms with Crippen molar-refractivity contribution in [3.63, 3.8) is 0 Å². The zero-order valence-corrected chi connectivity index (χ0v) is 16.3. The third-order valence-electron chi connectivity index (χ3n) is 4.27. The third kappa shape index (κ3) is 3.59. The number of benzene rings is 2. The van der Waals surface area contributed by atoms with E-state index in [1.165, 1.54) is 28.0 Å². The van der Waals surface area contributed by atoms with Crippen LogP contribution in [-0.2, 0) is 11.3 Å². The van der Waals surface area contributed by atoms with Gasteiger partial charge in [0.2, 0.25) is 5.91 Å². The lowest BCUT2D eigenvalue weighted by atomic mass is 10.3. The Kier molecular flexibility index (Phi) is 5.04. The number of aromatic nitrogens is 2. The van der Waals surface area contributed by atoms with Crippen molar-refractivity contribution in [1.82, 2.24) is 9.13 Å². The van der Waals surface area contributed by atoms with Gasteiger partial charge in [-0.3, -0.25) is 14.2 Å². The fourth-order valence-corrected chi connectivity index (χ4v) is 3.97. The Labute approximate surface area is 172 Å². The lowest BCUT2D eigenvalue weighted by Crippen LogP contribution is -2.40. The fourth-order valence-electron chi connectivity index (χ4n) is 2.96. The van der Waals surface area contributed by atoms with Gasteiger partial charge in [-0.25, -0.2) is 13.8 Å². The molecular weight excluding hydrogens is 417 g/mol. The third-order valence-corrected chi connectivity index (χ3v) is 5.46. The molecule has 0 spiro atoms. The maximum atomic E-state index is 13.3. The number of amides is 1. The highest BCUT2D eigenvalue weighted by atomic mass is 35.5. The summed E-state index contributed by atoms with van der Waals surface area (Å²) in [5.74, 6) is -1.11. The van der Waals surface area contributed by atoms with Crippen LogP contribution in [0.1, 0.15) is 0 Å². The predicted octanol–water partition coefficient (Wildman–Crippen LogP) is 3.65. The van der Waals surface area contributed by atoms with E-state index < -0.39 is 23.0 Å². The van der Waals surface area contributed by atoms with Crippen LogP contribution in [0.2, 0.25) is 5.02 Å². The summed E-state index contributed by atoms with van der Waals surface area (Å²) in [5.41, 5.74) is 0.0294. The van der Waals surface area contributed by atoms with Gasteiger partial charge in [0.15, 0.2) is 0 Å². The van der Waals surface area contributed by atoms with Gasteiger partial charge in [-0.1, -0.05) is 29.8 Å². The van der Waals surface area contributed by atoms with Crippen molar-refractivity contribution in [2.75, 3.05) is 5.32 Å². The molecular formula is C20H13ClFN3O3S. The Morgan fingerprint density at radius 2 is 1.86 bits per heavy atom. The topological polar surface area (TPSA) is 73.1 Å². The van der Waals surface area contributed by atoms with Gasteiger partial charge >= 0.3 is 5.69 Å². The van der Waals surface area contributed by atoms with Gasteiger partial charge in [-0.15, -0.1) is 11.3 Å². The van der Waals surface area contributed by atoms with Crippen LogP contribution in [0.3, 0.4) is 0 Å². The van der Waals surface area contributed by atoms with E-state index in [1.807, 2.05) is 0 Å². The van der Waals surface area contributed by atoms with Gasteiger partial charge in [0.05, 0.1) is 16.2 Å². The molecule has 2 heterocycles. The first-order chi connectivity index (χ1) is 14.0. The second-order valence-corrected chi connectivity index (χ2v) is 7.48. The average Bonchev–Trinajstić information content (AvgIpc) is 3.19. The first-order valence-electron chi connectivity index (χ1n) is 8.49. The second kappa shape index (κ2) is 7.65. The van der Waals surface area contributed by atoms with E-state index >= 15 is 0 Å². The maximum Gasteiger partial charge on any atom is 0.336 e. The number of hydrogen-bond donors (Lipinski definition) is 1. The van der Waals surface area contributed by atoms with Gasteiger partial charge in [0, 0.05) is 5.69 Å². The fraction of sp³-hybridized carbons (Fsp3) is 0.0500. The van der Waals surface area contributed by atoms with E-state index in [0.29, 0.717) is 21.6 Å². The summed E-state index contributed by atoms with van der Waals surface area (Å²) in [4.78, 5) is 38.4. The molecule has 2 aromatic carbocycles. The number of hydrogen-bond acceptors (Lipinski definition) is 4. The highest BCUT2D eigenvalue weighted by Gasteiger charge is 2.17. The van der Waals surface area contributed by atoms with E-state index in [0.717, 1.165) is 10.6 Å². The van der Waals surface area contributed by atoms with Crippen LogP contribution in [0.15, 0.2) is 69.6 Å². The number of carbonyl (C=O) groups excluding carboxylic acids is 1. The summed E-state index contributed by atoms with van der Waals surface area (Å²) < 4.78 is 15.9. The number of halogens is 2. The number of rotatable bonds is 4. The number of nitrogens with one attached hydrogen (secondary N) is 1. The smallest absolute Gasteiger partial charge is 0.324 e. The molecule has 4 rings (SSSR count). The Morgan fingerprint density at radius 3 is 2.59 bits per heavy atom. The molecule has 2 aromatic heterocycles. The number of anilines is 1. The number of nitrogens with zero attached hydrogens (tertiary/aromatic N) is 2. The van der Waals surface area contributed by atoms with Crippen molar-refractivity contribution >= 4 is 44.7 Å². The zero-order valence-electron chi connectivity index (χ0n) is 14.8. The van der Waals surface area contributed by atoms with Crippen molar-refractivity contribution in [2.24, 2.45) is 0 Å². The number of carbonyl (C=O) groups is 1. The van der Waals surface area contributed by atoms with Crippen molar-refractivity contribution < 1.29 is 9.18 Å². The molecule has 9 heteroatoms. The quantitative estimate of drug-likeness (QED) is 0.538. The minimum atomic E-state index is -0.626. The first-order valence-corrected chi connectivity index (χ1v) is 9.75. The van der Waals surface area contributed by atoms with Crippen LogP contribution in [0.5, 0.6) is 0 Å². The van der Waals surface area contributed by atoms with Crippen LogP contribution >= 0.6 is 22.9 Å². The summed E-state index contributed by atoms with van der Waals surface area (Å²) in [6.45, 7) is -0.325. The molecule has 4 aromatic rings. The molecule has 0 radical (unpaired) electrons. The molecule has 0 saturated heterocycles. The second-order valence-electron chi connectivity index (χ2n) is 6.16. The highest BCUT2D eigenvalue weighted by Crippen LogP contribution is 2.20. The molecule has 0 aliphatic carbocycles. The molecule has 146 valence electrons. The summed E-state index contributed by atoms with van der Waals surface area (Å²) in [5, 5.41) is 4.15. The van der Waals surface area contributed by atoms with Crippen LogP contribution in [-0.4, -0.2) is 15.0 Å². The van der Waals surface area contributed by atoms with E-state index in [4.69, 9.17) is 11.6 Å². The van der Waals surface area contributed by atoms with E-state index in [1.54, 1.807) is 41.8 Å². The first kappa shape index (κ1) is 19.1. The Balaban J connectivity index is 1.76. The van der Waals surface area contributed by atoms with Crippen molar-refractivity contribution in [1.29, 1.82) is 0 Å². The summed E-state index contributed by atoms with van der Waals surface area (Å²) in [6, 6.07) is 13.9. The summed E-state index contributed by atoms with van der Waals surface area (Å²) in [7, 11) is 0. The Hall–Kier alpha value is -3.23. The largest absolute Gasteiger partial charge is 0.336 e. The van der Waals surface area contributed by atoms with E-state index in [-0.39, 0.29) is 11.6 Å². The molecule has 0 atom stereocenters.